The number of thiazole rings is 1. The van der Waals surface area contributed by atoms with E-state index in [-0.39, 0.29) is 5.54 Å². The van der Waals surface area contributed by atoms with Gasteiger partial charge in [0.2, 0.25) is 0 Å². The van der Waals surface area contributed by atoms with E-state index in [0.29, 0.717) is 12.0 Å². The van der Waals surface area contributed by atoms with Crippen molar-refractivity contribution in [3.8, 4) is 0 Å². The Morgan fingerprint density at radius 1 is 1.43 bits per heavy atom. The van der Waals surface area contributed by atoms with Crippen molar-refractivity contribution >= 4 is 11.3 Å². The molecule has 1 aliphatic heterocycles. The molecule has 1 aromatic heterocycles. The van der Waals surface area contributed by atoms with Gasteiger partial charge in [-0.1, -0.05) is 20.8 Å². The Balaban J connectivity index is 1.88. The van der Waals surface area contributed by atoms with Crippen molar-refractivity contribution in [3.05, 3.63) is 15.6 Å². The van der Waals surface area contributed by atoms with Gasteiger partial charge in [-0.05, 0) is 51.0 Å². The Kier molecular flexibility index (Phi) is 4.67. The maximum absolute atomic E-state index is 6.01. The first-order chi connectivity index (χ1) is 10.1. The number of nitrogens with one attached hydrogen (secondary N) is 1. The second kappa shape index (κ2) is 6.35. The molecular formula is C17H28N2OS. The highest BCUT2D eigenvalue weighted by Gasteiger charge is 2.42. The van der Waals surface area contributed by atoms with E-state index in [1.54, 1.807) is 0 Å². The summed E-state index contributed by atoms with van der Waals surface area (Å²) in [6, 6.07) is 0. The Bertz CT molecular complexity index is 464. The lowest BCUT2D eigenvalue weighted by molar-refractivity contribution is -0.0534. The number of aromatic nitrogens is 1. The fourth-order valence-electron chi connectivity index (χ4n) is 3.51. The molecule has 0 bridgehead atoms. The minimum absolute atomic E-state index is 0.0538. The highest BCUT2D eigenvalue weighted by atomic mass is 32.1. The highest BCUT2D eigenvalue weighted by Crippen LogP contribution is 2.41. The fraction of sp³-hybridized carbons (Fsp3) is 0.824. The number of fused-ring (bicyclic) bond motifs is 1. The van der Waals surface area contributed by atoms with Gasteiger partial charge in [-0.25, -0.2) is 4.98 Å². The zero-order valence-electron chi connectivity index (χ0n) is 13.6. The van der Waals surface area contributed by atoms with E-state index in [2.05, 4.69) is 26.1 Å². The first kappa shape index (κ1) is 15.4. The SMILES string of the molecule is CCCNC1(c2nc3c(s2)CCC3)CCOC(C(C)C)C1. The molecule has 0 spiro atoms. The summed E-state index contributed by atoms with van der Waals surface area (Å²) in [6.45, 7) is 8.69. The number of nitrogens with zero attached hydrogens (tertiary/aromatic N) is 1. The molecule has 0 saturated carbocycles. The summed E-state index contributed by atoms with van der Waals surface area (Å²) in [6.07, 6.45) is 7.35. The number of aryl methyl sites for hydroxylation is 2. The van der Waals surface area contributed by atoms with Gasteiger partial charge >= 0.3 is 0 Å². The maximum Gasteiger partial charge on any atom is 0.113 e. The Labute approximate surface area is 132 Å². The summed E-state index contributed by atoms with van der Waals surface area (Å²) >= 11 is 1.96. The Morgan fingerprint density at radius 3 is 3.00 bits per heavy atom. The summed E-state index contributed by atoms with van der Waals surface area (Å²) in [5.74, 6) is 0.569. The molecule has 3 nitrogen and oxygen atoms in total. The van der Waals surface area contributed by atoms with Gasteiger partial charge in [0.25, 0.3) is 0 Å². The summed E-state index contributed by atoms with van der Waals surface area (Å²) in [5.41, 5.74) is 1.43. The molecule has 0 amide bonds. The molecule has 0 aromatic carbocycles. The van der Waals surface area contributed by atoms with Crippen LogP contribution in [-0.2, 0) is 23.1 Å². The van der Waals surface area contributed by atoms with Gasteiger partial charge in [0, 0.05) is 11.5 Å². The maximum atomic E-state index is 6.01. The average molecular weight is 308 g/mol. The second-order valence-electron chi connectivity index (χ2n) is 6.86. The number of rotatable bonds is 5. The second-order valence-corrected chi connectivity index (χ2v) is 7.94. The lowest BCUT2D eigenvalue weighted by Gasteiger charge is -2.42. The molecule has 1 saturated heterocycles. The first-order valence-corrected chi connectivity index (χ1v) is 9.32. The van der Waals surface area contributed by atoms with E-state index in [9.17, 15) is 0 Å². The molecule has 3 rings (SSSR count). The molecule has 2 heterocycles. The molecule has 4 heteroatoms. The van der Waals surface area contributed by atoms with Crippen LogP contribution < -0.4 is 5.32 Å². The number of ether oxygens (including phenoxy) is 1. The third-order valence-corrected chi connectivity index (χ3v) is 6.23. The van der Waals surface area contributed by atoms with Gasteiger partial charge in [0.15, 0.2) is 0 Å². The van der Waals surface area contributed by atoms with Crippen molar-refractivity contribution in [1.82, 2.24) is 10.3 Å². The summed E-state index contributed by atoms with van der Waals surface area (Å²) in [5, 5.41) is 5.17. The smallest absolute Gasteiger partial charge is 0.113 e. The van der Waals surface area contributed by atoms with E-state index in [1.807, 2.05) is 11.3 Å². The van der Waals surface area contributed by atoms with Gasteiger partial charge in [-0.3, -0.25) is 0 Å². The van der Waals surface area contributed by atoms with Crippen LogP contribution in [0.4, 0.5) is 0 Å². The van der Waals surface area contributed by atoms with Crippen LogP contribution in [0.3, 0.4) is 0 Å². The van der Waals surface area contributed by atoms with E-state index in [1.165, 1.54) is 41.3 Å². The average Bonchev–Trinajstić information content (AvgIpc) is 3.07. The molecule has 21 heavy (non-hydrogen) atoms. The standard InChI is InChI=1S/C17H28N2OS/c1-4-9-18-17(8-10-20-14(11-17)12(2)3)16-19-13-6-5-7-15(13)21-16/h12,14,18H,4-11H2,1-3H3. The predicted octanol–water partition coefficient (Wildman–Crippen LogP) is 3.66. The minimum atomic E-state index is 0.0538. The molecule has 118 valence electrons. The molecular weight excluding hydrogens is 280 g/mol. The van der Waals surface area contributed by atoms with Crippen LogP contribution in [0.25, 0.3) is 0 Å². The lowest BCUT2D eigenvalue weighted by atomic mass is 9.83. The van der Waals surface area contributed by atoms with Crippen molar-refractivity contribution in [2.24, 2.45) is 5.92 Å². The fourth-order valence-corrected chi connectivity index (χ4v) is 4.86. The van der Waals surface area contributed by atoms with Crippen molar-refractivity contribution in [2.75, 3.05) is 13.2 Å². The molecule has 2 unspecified atom stereocenters. The molecule has 1 aliphatic carbocycles. The largest absolute Gasteiger partial charge is 0.378 e. The van der Waals surface area contributed by atoms with Crippen molar-refractivity contribution in [2.45, 2.75) is 70.9 Å². The summed E-state index contributed by atoms with van der Waals surface area (Å²) < 4.78 is 6.01. The van der Waals surface area contributed by atoms with Gasteiger partial charge in [-0.2, -0.15) is 0 Å². The van der Waals surface area contributed by atoms with Crippen LogP contribution >= 0.6 is 11.3 Å². The van der Waals surface area contributed by atoms with Crippen LogP contribution in [0.1, 0.15) is 62.0 Å². The van der Waals surface area contributed by atoms with E-state index in [4.69, 9.17) is 9.72 Å². The van der Waals surface area contributed by atoms with Crippen LogP contribution in [0, 0.1) is 5.92 Å². The third kappa shape index (κ3) is 3.03. The van der Waals surface area contributed by atoms with Crippen molar-refractivity contribution < 1.29 is 4.74 Å². The van der Waals surface area contributed by atoms with Gasteiger partial charge in [0.05, 0.1) is 17.3 Å². The predicted molar refractivity (Wildman–Crippen MR) is 87.9 cm³/mol. The molecule has 1 fully saturated rings. The first-order valence-electron chi connectivity index (χ1n) is 8.50. The zero-order valence-corrected chi connectivity index (χ0v) is 14.4. The minimum Gasteiger partial charge on any atom is -0.378 e. The Hall–Kier alpha value is -0.450. The summed E-state index contributed by atoms with van der Waals surface area (Å²) in [4.78, 5) is 6.57. The molecule has 1 aromatic rings. The molecule has 0 radical (unpaired) electrons. The normalized spacial score (nSPS) is 29.0. The van der Waals surface area contributed by atoms with E-state index < -0.39 is 0 Å². The van der Waals surface area contributed by atoms with Crippen LogP contribution in [0.5, 0.6) is 0 Å². The third-order valence-electron chi connectivity index (χ3n) is 4.87. The molecule has 1 N–H and O–H groups in total. The van der Waals surface area contributed by atoms with Gasteiger partial charge < -0.3 is 10.1 Å². The monoisotopic (exact) mass is 308 g/mol. The number of hydrogen-bond acceptors (Lipinski definition) is 4. The van der Waals surface area contributed by atoms with Gasteiger partial charge in [0.1, 0.15) is 5.01 Å². The highest BCUT2D eigenvalue weighted by molar-refractivity contribution is 7.12. The van der Waals surface area contributed by atoms with E-state index in [0.717, 1.165) is 26.0 Å². The zero-order chi connectivity index (χ0) is 14.9. The van der Waals surface area contributed by atoms with Crippen molar-refractivity contribution in [3.63, 3.8) is 0 Å². The lowest BCUT2D eigenvalue weighted by Crippen LogP contribution is -2.50. The quantitative estimate of drug-likeness (QED) is 0.901. The van der Waals surface area contributed by atoms with Crippen molar-refractivity contribution in [1.29, 1.82) is 0 Å². The summed E-state index contributed by atoms with van der Waals surface area (Å²) in [7, 11) is 0. The topological polar surface area (TPSA) is 34.2 Å². The van der Waals surface area contributed by atoms with Crippen LogP contribution in [0.15, 0.2) is 0 Å². The van der Waals surface area contributed by atoms with Crippen LogP contribution in [-0.4, -0.2) is 24.2 Å². The van der Waals surface area contributed by atoms with E-state index >= 15 is 0 Å². The Morgan fingerprint density at radius 2 is 2.29 bits per heavy atom. The molecule has 2 aliphatic rings. The molecule has 2 atom stereocenters. The van der Waals surface area contributed by atoms with Crippen LogP contribution in [0.2, 0.25) is 0 Å². The van der Waals surface area contributed by atoms with Gasteiger partial charge in [-0.15, -0.1) is 11.3 Å². The number of hydrogen-bond donors (Lipinski definition) is 1.